The van der Waals surface area contributed by atoms with E-state index in [0.717, 1.165) is 21.3 Å². The van der Waals surface area contributed by atoms with Gasteiger partial charge in [-0.3, -0.25) is 4.57 Å². The van der Waals surface area contributed by atoms with E-state index < -0.39 is 25.6 Å². The number of hydrogen-bond donors (Lipinski definition) is 0. The highest BCUT2D eigenvalue weighted by Crippen LogP contribution is 2.47. The maximum absolute atomic E-state index is 12.3. The maximum Gasteiger partial charge on any atom is 0.433 e. The first-order valence-electron chi connectivity index (χ1n) is 3.67. The standard InChI is InChI=1S/C6H11F3NO4P/c1-12-10-5(6(7,8)9)4-15(11,13-2)14-3/h4H2,1-3H3. The predicted octanol–water partition coefficient (Wildman–Crippen LogP) is 2.04. The fraction of sp³-hybridized carbons (Fsp3) is 0.833. The van der Waals surface area contributed by atoms with Crippen LogP contribution in [0.15, 0.2) is 5.16 Å². The van der Waals surface area contributed by atoms with E-state index in [4.69, 9.17) is 0 Å². The SMILES string of the molecule is CON=C(CP(=O)(OC)OC)C(F)(F)F. The molecule has 0 saturated carbocycles. The molecule has 0 spiro atoms. The van der Waals surface area contributed by atoms with Gasteiger partial charge in [-0.25, -0.2) is 0 Å². The quantitative estimate of drug-likeness (QED) is 0.425. The van der Waals surface area contributed by atoms with Gasteiger partial charge in [0.25, 0.3) is 0 Å². The van der Waals surface area contributed by atoms with Crippen LogP contribution < -0.4 is 0 Å². The lowest BCUT2D eigenvalue weighted by molar-refractivity contribution is -0.0621. The van der Waals surface area contributed by atoms with E-state index in [9.17, 15) is 17.7 Å². The van der Waals surface area contributed by atoms with Crippen LogP contribution in [0.4, 0.5) is 13.2 Å². The molecule has 9 heteroatoms. The van der Waals surface area contributed by atoms with Crippen LogP contribution in [-0.2, 0) is 18.5 Å². The van der Waals surface area contributed by atoms with Gasteiger partial charge in [0.05, 0.1) is 0 Å². The van der Waals surface area contributed by atoms with E-state index in [1.54, 1.807) is 0 Å². The Bertz CT molecular complexity index is 270. The van der Waals surface area contributed by atoms with Gasteiger partial charge < -0.3 is 13.9 Å². The number of hydrogen-bond acceptors (Lipinski definition) is 5. The van der Waals surface area contributed by atoms with Gasteiger partial charge in [-0.2, -0.15) is 13.2 Å². The minimum Gasteiger partial charge on any atom is -0.399 e. The van der Waals surface area contributed by atoms with Crippen LogP contribution >= 0.6 is 7.60 Å². The molecule has 0 aliphatic rings. The Labute approximate surface area is 84.7 Å². The Morgan fingerprint density at radius 1 is 1.27 bits per heavy atom. The van der Waals surface area contributed by atoms with Crippen molar-refractivity contribution in [1.29, 1.82) is 0 Å². The lowest BCUT2D eigenvalue weighted by atomic mass is 10.4. The van der Waals surface area contributed by atoms with Crippen LogP contribution in [0.3, 0.4) is 0 Å². The van der Waals surface area contributed by atoms with Gasteiger partial charge in [-0.15, -0.1) is 0 Å². The van der Waals surface area contributed by atoms with Crippen LogP contribution in [0.1, 0.15) is 0 Å². The molecule has 0 rings (SSSR count). The summed E-state index contributed by atoms with van der Waals surface area (Å²) in [6, 6.07) is 0. The molecule has 0 aromatic rings. The molecule has 0 heterocycles. The van der Waals surface area contributed by atoms with Crippen molar-refractivity contribution in [2.45, 2.75) is 6.18 Å². The van der Waals surface area contributed by atoms with Crippen molar-refractivity contribution < 1.29 is 31.6 Å². The molecule has 0 bridgehead atoms. The molecule has 0 saturated heterocycles. The highest BCUT2D eigenvalue weighted by atomic mass is 31.2. The summed E-state index contributed by atoms with van der Waals surface area (Å²) in [6.07, 6.45) is -5.72. The first kappa shape index (κ1) is 14.4. The van der Waals surface area contributed by atoms with Gasteiger partial charge in [0.15, 0.2) is 5.71 Å². The summed E-state index contributed by atoms with van der Waals surface area (Å²) < 4.78 is 56.9. The molecular weight excluding hydrogens is 238 g/mol. The molecule has 0 aromatic carbocycles. The average Bonchev–Trinajstić information content (AvgIpc) is 2.15. The minimum atomic E-state index is -4.73. The van der Waals surface area contributed by atoms with E-state index in [-0.39, 0.29) is 0 Å². The Kier molecular flexibility index (Phi) is 5.27. The third kappa shape index (κ3) is 4.63. The maximum atomic E-state index is 12.3. The molecule has 0 aromatic heterocycles. The normalized spacial score (nSPS) is 14.1. The van der Waals surface area contributed by atoms with Gasteiger partial charge in [0, 0.05) is 14.2 Å². The summed E-state index contributed by atoms with van der Waals surface area (Å²) in [4.78, 5) is 4.00. The fourth-order valence-electron chi connectivity index (χ4n) is 0.668. The van der Waals surface area contributed by atoms with Gasteiger partial charge in [-0.05, 0) is 0 Å². The van der Waals surface area contributed by atoms with Crippen LogP contribution in [0.25, 0.3) is 0 Å². The minimum absolute atomic E-state index is 0.955. The number of nitrogens with zero attached hydrogens (tertiary/aromatic N) is 1. The van der Waals surface area contributed by atoms with Gasteiger partial charge in [0.1, 0.15) is 13.3 Å². The zero-order valence-corrected chi connectivity index (χ0v) is 9.26. The topological polar surface area (TPSA) is 57.1 Å². The number of rotatable bonds is 5. The first-order chi connectivity index (χ1) is 6.79. The highest BCUT2D eigenvalue weighted by Gasteiger charge is 2.41. The number of alkyl halides is 3. The second-order valence-electron chi connectivity index (χ2n) is 2.35. The monoisotopic (exact) mass is 249 g/mol. The van der Waals surface area contributed by atoms with E-state index in [1.165, 1.54) is 0 Å². The van der Waals surface area contributed by atoms with E-state index in [0.29, 0.717) is 0 Å². The molecule has 0 aliphatic heterocycles. The lowest BCUT2D eigenvalue weighted by Crippen LogP contribution is -2.27. The molecule has 0 unspecified atom stereocenters. The van der Waals surface area contributed by atoms with E-state index >= 15 is 0 Å². The van der Waals surface area contributed by atoms with E-state index in [2.05, 4.69) is 19.0 Å². The molecule has 90 valence electrons. The summed E-state index contributed by atoms with van der Waals surface area (Å²) in [7, 11) is -0.857. The Morgan fingerprint density at radius 2 is 1.73 bits per heavy atom. The van der Waals surface area contributed by atoms with Crippen molar-refractivity contribution >= 4 is 13.3 Å². The molecular formula is C6H11F3NO4P. The Balaban J connectivity index is 4.86. The lowest BCUT2D eigenvalue weighted by Gasteiger charge is -2.15. The molecule has 0 N–H and O–H groups in total. The zero-order valence-electron chi connectivity index (χ0n) is 8.37. The molecule has 5 nitrogen and oxygen atoms in total. The third-order valence-electron chi connectivity index (χ3n) is 1.43. The molecule has 0 aliphatic carbocycles. The largest absolute Gasteiger partial charge is 0.433 e. The summed E-state index contributed by atoms with van der Waals surface area (Å²) in [6.45, 7) is 0. The Morgan fingerprint density at radius 3 is 2.00 bits per heavy atom. The number of halogens is 3. The average molecular weight is 249 g/mol. The van der Waals surface area contributed by atoms with Crippen molar-refractivity contribution in [2.24, 2.45) is 5.16 Å². The molecule has 0 atom stereocenters. The summed E-state index contributed by atoms with van der Waals surface area (Å²) in [5.74, 6) is 0. The van der Waals surface area contributed by atoms with Crippen molar-refractivity contribution in [1.82, 2.24) is 0 Å². The van der Waals surface area contributed by atoms with Crippen LogP contribution in [0.2, 0.25) is 0 Å². The molecule has 0 fully saturated rings. The second-order valence-corrected chi connectivity index (χ2v) is 4.62. The third-order valence-corrected chi connectivity index (χ3v) is 3.23. The van der Waals surface area contributed by atoms with E-state index in [1.807, 2.05) is 0 Å². The van der Waals surface area contributed by atoms with Crippen LogP contribution in [0, 0.1) is 0 Å². The second kappa shape index (κ2) is 5.48. The fourth-order valence-corrected chi connectivity index (χ4v) is 1.68. The van der Waals surface area contributed by atoms with Crippen LogP contribution in [-0.4, -0.2) is 39.4 Å². The summed E-state index contributed by atoms with van der Waals surface area (Å²) in [5.41, 5.74) is -1.35. The smallest absolute Gasteiger partial charge is 0.399 e. The van der Waals surface area contributed by atoms with Gasteiger partial charge >= 0.3 is 13.8 Å². The van der Waals surface area contributed by atoms with Crippen molar-refractivity contribution in [3.63, 3.8) is 0 Å². The highest BCUT2D eigenvalue weighted by molar-refractivity contribution is 7.54. The van der Waals surface area contributed by atoms with Gasteiger partial charge in [-0.1, -0.05) is 5.16 Å². The van der Waals surface area contributed by atoms with Crippen molar-refractivity contribution in [2.75, 3.05) is 27.5 Å². The van der Waals surface area contributed by atoms with Gasteiger partial charge in [0.2, 0.25) is 0 Å². The summed E-state index contributed by atoms with van der Waals surface area (Å²) in [5, 5.41) is 2.74. The number of oxime groups is 1. The first-order valence-corrected chi connectivity index (χ1v) is 5.39. The Hall–Kier alpha value is -0.590. The van der Waals surface area contributed by atoms with Crippen LogP contribution in [0.5, 0.6) is 0 Å². The van der Waals surface area contributed by atoms with Crippen molar-refractivity contribution in [3.05, 3.63) is 0 Å². The molecule has 15 heavy (non-hydrogen) atoms. The molecule has 0 amide bonds. The van der Waals surface area contributed by atoms with Crippen molar-refractivity contribution in [3.8, 4) is 0 Å². The summed E-state index contributed by atoms with van der Waals surface area (Å²) >= 11 is 0. The zero-order chi connectivity index (χ0) is 12.1. The molecule has 0 radical (unpaired) electrons. The predicted molar refractivity (Wildman–Crippen MR) is 47.0 cm³/mol.